The van der Waals surface area contributed by atoms with E-state index in [1.54, 1.807) is 13.0 Å². The van der Waals surface area contributed by atoms with E-state index in [1.165, 1.54) is 6.92 Å². The Balaban J connectivity index is 2.09. The lowest BCUT2D eigenvalue weighted by molar-refractivity contribution is 0.0493. The third-order valence-electron chi connectivity index (χ3n) is 3.04. The van der Waals surface area contributed by atoms with Crippen LogP contribution in [0.2, 0.25) is 0 Å². The predicted molar refractivity (Wildman–Crippen MR) is 71.6 cm³/mol. The normalized spacial score (nSPS) is 13.8. The maximum atomic E-state index is 13.7. The fourth-order valence-electron chi connectivity index (χ4n) is 1.90. The first kappa shape index (κ1) is 15.1. The SMILES string of the molecule is Cc1cc(C(=O)NCC(C)(O)c2ccc(F)cc2F)n[nH]1. The maximum absolute atomic E-state index is 13.7. The van der Waals surface area contributed by atoms with E-state index in [9.17, 15) is 18.7 Å². The molecular weight excluding hydrogens is 280 g/mol. The average Bonchev–Trinajstić information content (AvgIpc) is 2.82. The summed E-state index contributed by atoms with van der Waals surface area (Å²) in [5, 5.41) is 19.1. The number of aromatic amines is 1. The maximum Gasteiger partial charge on any atom is 0.271 e. The van der Waals surface area contributed by atoms with Gasteiger partial charge in [-0.05, 0) is 26.0 Å². The summed E-state index contributed by atoms with van der Waals surface area (Å²) in [4.78, 5) is 11.8. The average molecular weight is 295 g/mol. The molecule has 0 saturated carbocycles. The number of H-pyrrole nitrogens is 1. The molecule has 2 rings (SSSR count). The van der Waals surface area contributed by atoms with Gasteiger partial charge in [-0.2, -0.15) is 5.10 Å². The Bertz CT molecular complexity index is 668. The summed E-state index contributed by atoms with van der Waals surface area (Å²) in [5.41, 5.74) is -0.875. The lowest BCUT2D eigenvalue weighted by Gasteiger charge is -2.24. The molecule has 5 nitrogen and oxygen atoms in total. The lowest BCUT2D eigenvalue weighted by atomic mass is 9.95. The van der Waals surface area contributed by atoms with Crippen LogP contribution in [0.4, 0.5) is 8.78 Å². The van der Waals surface area contributed by atoms with Crippen LogP contribution in [0.15, 0.2) is 24.3 Å². The van der Waals surface area contributed by atoms with E-state index in [-0.39, 0.29) is 17.8 Å². The third-order valence-corrected chi connectivity index (χ3v) is 3.04. The van der Waals surface area contributed by atoms with Gasteiger partial charge in [-0.25, -0.2) is 8.78 Å². The minimum absolute atomic E-state index is 0.0950. The van der Waals surface area contributed by atoms with Crippen molar-refractivity contribution in [2.75, 3.05) is 6.54 Å². The molecule has 0 aliphatic rings. The standard InChI is InChI=1S/C14H15F2N3O2/c1-8-5-12(19-18-8)13(20)17-7-14(2,21)10-4-3-9(15)6-11(10)16/h3-6,21H,7H2,1-2H3,(H,17,20)(H,18,19). The lowest BCUT2D eigenvalue weighted by Crippen LogP contribution is -2.39. The minimum atomic E-state index is -1.67. The van der Waals surface area contributed by atoms with E-state index in [4.69, 9.17) is 0 Å². The zero-order valence-electron chi connectivity index (χ0n) is 11.6. The second-order valence-electron chi connectivity index (χ2n) is 5.02. The highest BCUT2D eigenvalue weighted by atomic mass is 19.1. The van der Waals surface area contributed by atoms with Crippen LogP contribution >= 0.6 is 0 Å². The summed E-state index contributed by atoms with van der Waals surface area (Å²) in [6.07, 6.45) is 0. The van der Waals surface area contributed by atoms with Gasteiger partial charge >= 0.3 is 0 Å². The van der Waals surface area contributed by atoms with Gasteiger partial charge in [0.05, 0.1) is 6.54 Å². The quantitative estimate of drug-likeness (QED) is 0.802. The van der Waals surface area contributed by atoms with Gasteiger partial charge in [0, 0.05) is 17.3 Å². The van der Waals surface area contributed by atoms with Gasteiger partial charge in [0.15, 0.2) is 0 Å². The van der Waals surface area contributed by atoms with Crippen molar-refractivity contribution in [3.05, 3.63) is 52.9 Å². The molecule has 3 N–H and O–H groups in total. The second-order valence-corrected chi connectivity index (χ2v) is 5.02. The van der Waals surface area contributed by atoms with E-state index < -0.39 is 23.1 Å². The molecule has 0 bridgehead atoms. The highest BCUT2D eigenvalue weighted by Crippen LogP contribution is 2.23. The van der Waals surface area contributed by atoms with E-state index in [2.05, 4.69) is 15.5 Å². The van der Waals surface area contributed by atoms with Crippen molar-refractivity contribution < 1.29 is 18.7 Å². The van der Waals surface area contributed by atoms with Crippen molar-refractivity contribution >= 4 is 5.91 Å². The number of carbonyl (C=O) groups is 1. The number of amides is 1. The fourth-order valence-corrected chi connectivity index (χ4v) is 1.90. The summed E-state index contributed by atoms with van der Waals surface area (Å²) >= 11 is 0. The number of nitrogens with zero attached hydrogens (tertiary/aromatic N) is 1. The highest BCUT2D eigenvalue weighted by molar-refractivity contribution is 5.92. The Morgan fingerprint density at radius 3 is 2.71 bits per heavy atom. The van der Waals surface area contributed by atoms with Crippen LogP contribution in [0.25, 0.3) is 0 Å². The van der Waals surface area contributed by atoms with Gasteiger partial charge in [0.2, 0.25) is 0 Å². The number of benzene rings is 1. The van der Waals surface area contributed by atoms with Crippen LogP contribution in [0.5, 0.6) is 0 Å². The molecule has 2 aromatic rings. The predicted octanol–water partition coefficient (Wildman–Crippen LogP) is 1.63. The van der Waals surface area contributed by atoms with Crippen molar-refractivity contribution in [1.82, 2.24) is 15.5 Å². The van der Waals surface area contributed by atoms with Crippen LogP contribution in [0, 0.1) is 18.6 Å². The van der Waals surface area contributed by atoms with Crippen molar-refractivity contribution in [2.45, 2.75) is 19.4 Å². The summed E-state index contributed by atoms with van der Waals surface area (Å²) in [6.45, 7) is 2.84. The Hall–Kier alpha value is -2.28. The molecule has 1 atom stereocenters. The summed E-state index contributed by atoms with van der Waals surface area (Å²) in [7, 11) is 0. The number of halogens is 2. The number of hydrogen-bond donors (Lipinski definition) is 3. The molecule has 0 radical (unpaired) electrons. The number of nitrogens with one attached hydrogen (secondary N) is 2. The minimum Gasteiger partial charge on any atom is -0.383 e. The number of aromatic nitrogens is 2. The summed E-state index contributed by atoms with van der Waals surface area (Å²) < 4.78 is 26.5. The molecule has 0 aliphatic carbocycles. The van der Waals surface area contributed by atoms with Gasteiger partial charge in [0.25, 0.3) is 5.91 Å². The molecule has 0 spiro atoms. The summed E-state index contributed by atoms with van der Waals surface area (Å²) in [6, 6.07) is 4.42. The van der Waals surface area contributed by atoms with Crippen LogP contribution in [-0.2, 0) is 5.60 Å². The monoisotopic (exact) mass is 295 g/mol. The first-order chi connectivity index (χ1) is 9.79. The van der Waals surface area contributed by atoms with E-state index in [0.717, 1.165) is 17.8 Å². The zero-order valence-corrected chi connectivity index (χ0v) is 11.6. The third kappa shape index (κ3) is 3.43. The van der Waals surface area contributed by atoms with Gasteiger partial charge in [-0.1, -0.05) is 6.07 Å². The number of hydrogen-bond acceptors (Lipinski definition) is 3. The van der Waals surface area contributed by atoms with Crippen molar-refractivity contribution in [1.29, 1.82) is 0 Å². The highest BCUT2D eigenvalue weighted by Gasteiger charge is 2.28. The summed E-state index contributed by atoms with van der Waals surface area (Å²) in [5.74, 6) is -2.10. The molecule has 1 heterocycles. The molecule has 1 aromatic heterocycles. The molecule has 0 aliphatic heterocycles. The van der Waals surface area contributed by atoms with Crippen molar-refractivity contribution in [2.24, 2.45) is 0 Å². The molecular formula is C14H15F2N3O2. The van der Waals surface area contributed by atoms with Gasteiger partial charge in [0.1, 0.15) is 22.9 Å². The number of aryl methyl sites for hydroxylation is 1. The van der Waals surface area contributed by atoms with Crippen molar-refractivity contribution in [3.8, 4) is 0 Å². The van der Waals surface area contributed by atoms with Crippen LogP contribution < -0.4 is 5.32 Å². The van der Waals surface area contributed by atoms with E-state index >= 15 is 0 Å². The second kappa shape index (κ2) is 5.61. The molecule has 1 amide bonds. The molecule has 0 fully saturated rings. The van der Waals surface area contributed by atoms with Gasteiger partial charge < -0.3 is 10.4 Å². The molecule has 112 valence electrons. The van der Waals surface area contributed by atoms with E-state index in [1.807, 2.05) is 0 Å². The first-order valence-electron chi connectivity index (χ1n) is 6.28. The fraction of sp³-hybridized carbons (Fsp3) is 0.286. The Morgan fingerprint density at radius 1 is 1.43 bits per heavy atom. The zero-order chi connectivity index (χ0) is 15.6. The Labute approximate surface area is 120 Å². The van der Waals surface area contributed by atoms with Crippen LogP contribution in [0.3, 0.4) is 0 Å². The molecule has 21 heavy (non-hydrogen) atoms. The smallest absolute Gasteiger partial charge is 0.271 e. The van der Waals surface area contributed by atoms with Crippen LogP contribution in [0.1, 0.15) is 28.7 Å². The number of aliphatic hydroxyl groups is 1. The van der Waals surface area contributed by atoms with Gasteiger partial charge in [-0.15, -0.1) is 0 Å². The Kier molecular flexibility index (Phi) is 4.04. The molecule has 7 heteroatoms. The van der Waals surface area contributed by atoms with Crippen LogP contribution in [-0.4, -0.2) is 27.8 Å². The van der Waals surface area contributed by atoms with Gasteiger partial charge in [-0.3, -0.25) is 9.89 Å². The topological polar surface area (TPSA) is 78.0 Å². The van der Waals surface area contributed by atoms with E-state index in [0.29, 0.717) is 6.07 Å². The van der Waals surface area contributed by atoms with Crippen molar-refractivity contribution in [3.63, 3.8) is 0 Å². The molecule has 1 unspecified atom stereocenters. The largest absolute Gasteiger partial charge is 0.383 e. The number of rotatable bonds is 4. The Morgan fingerprint density at radius 2 is 2.14 bits per heavy atom. The molecule has 1 aromatic carbocycles. The number of carbonyl (C=O) groups excluding carboxylic acids is 1. The molecule has 0 saturated heterocycles. The first-order valence-corrected chi connectivity index (χ1v) is 6.28.